The van der Waals surface area contributed by atoms with Crippen molar-refractivity contribution < 1.29 is 14.3 Å². The van der Waals surface area contributed by atoms with Crippen molar-refractivity contribution in [3.05, 3.63) is 65.0 Å². The quantitative estimate of drug-likeness (QED) is 0.898. The van der Waals surface area contributed by atoms with E-state index in [4.69, 9.17) is 0 Å². The molecule has 2 aromatic carbocycles. The van der Waals surface area contributed by atoms with Crippen LogP contribution in [0.25, 0.3) is 0 Å². The number of halogens is 1. The molecule has 1 aliphatic rings. The van der Waals surface area contributed by atoms with Gasteiger partial charge in [0.2, 0.25) is 0 Å². The van der Waals surface area contributed by atoms with Crippen molar-refractivity contribution in [2.75, 3.05) is 18.0 Å². The van der Waals surface area contributed by atoms with Crippen LogP contribution in [0.5, 0.6) is 0 Å². The van der Waals surface area contributed by atoms with Crippen LogP contribution in [0, 0.1) is 12.7 Å². The molecule has 0 unspecified atom stereocenters. The summed E-state index contributed by atoms with van der Waals surface area (Å²) in [6, 6.07) is 12.4. The molecular formula is C20H23FN2O2. The lowest BCUT2D eigenvalue weighted by Crippen LogP contribution is -2.36. The van der Waals surface area contributed by atoms with Crippen LogP contribution in [0.3, 0.4) is 0 Å². The van der Waals surface area contributed by atoms with Gasteiger partial charge in [0.25, 0.3) is 5.91 Å². The topological polar surface area (TPSA) is 52.6 Å². The van der Waals surface area contributed by atoms with Gasteiger partial charge in [-0.3, -0.25) is 4.79 Å². The van der Waals surface area contributed by atoms with E-state index in [9.17, 15) is 14.3 Å². The van der Waals surface area contributed by atoms with E-state index in [-0.39, 0.29) is 24.4 Å². The predicted octanol–water partition coefficient (Wildman–Crippen LogP) is 3.03. The minimum absolute atomic E-state index is 0.168. The van der Waals surface area contributed by atoms with Crippen molar-refractivity contribution in [2.45, 2.75) is 32.4 Å². The Balaban J connectivity index is 1.62. The van der Waals surface area contributed by atoms with Gasteiger partial charge in [-0.1, -0.05) is 23.8 Å². The van der Waals surface area contributed by atoms with E-state index in [1.54, 1.807) is 12.1 Å². The minimum atomic E-state index is -0.293. The van der Waals surface area contributed by atoms with E-state index in [0.717, 1.165) is 11.1 Å². The number of benzene rings is 2. The smallest absolute Gasteiger partial charge is 0.251 e. The van der Waals surface area contributed by atoms with E-state index >= 15 is 0 Å². The second-order valence-electron chi connectivity index (χ2n) is 6.56. The molecule has 1 amide bonds. The molecule has 132 valence electrons. The molecule has 0 spiro atoms. The number of carbonyl (C=O) groups is 1. The maximum Gasteiger partial charge on any atom is 0.251 e. The Kier molecular flexibility index (Phi) is 5.34. The first-order valence-electron chi connectivity index (χ1n) is 8.59. The molecule has 4 nitrogen and oxygen atoms in total. The van der Waals surface area contributed by atoms with Gasteiger partial charge in [0, 0.05) is 25.2 Å². The molecule has 2 aromatic rings. The molecule has 25 heavy (non-hydrogen) atoms. The Morgan fingerprint density at radius 1 is 1.24 bits per heavy atom. The van der Waals surface area contributed by atoms with Gasteiger partial charge >= 0.3 is 0 Å². The predicted molar refractivity (Wildman–Crippen MR) is 96.2 cm³/mol. The van der Waals surface area contributed by atoms with Crippen LogP contribution in [-0.2, 0) is 6.54 Å². The number of aliphatic hydroxyl groups is 1. The summed E-state index contributed by atoms with van der Waals surface area (Å²) in [6.07, 6.45) is 1.04. The zero-order chi connectivity index (χ0) is 17.8. The highest BCUT2D eigenvalue weighted by atomic mass is 19.1. The molecule has 1 saturated heterocycles. The van der Waals surface area contributed by atoms with Crippen molar-refractivity contribution in [2.24, 2.45) is 0 Å². The van der Waals surface area contributed by atoms with E-state index < -0.39 is 0 Å². The third kappa shape index (κ3) is 4.37. The van der Waals surface area contributed by atoms with Crippen LogP contribution in [0.1, 0.15) is 34.3 Å². The summed E-state index contributed by atoms with van der Waals surface area (Å²) in [6.45, 7) is 3.52. The first-order valence-corrected chi connectivity index (χ1v) is 8.59. The highest BCUT2D eigenvalue weighted by molar-refractivity contribution is 5.94. The second kappa shape index (κ2) is 7.66. The van der Waals surface area contributed by atoms with Gasteiger partial charge in [-0.05, 0) is 49.6 Å². The molecule has 0 atom stereocenters. The van der Waals surface area contributed by atoms with Crippen LogP contribution < -0.4 is 10.2 Å². The van der Waals surface area contributed by atoms with Gasteiger partial charge in [-0.15, -0.1) is 0 Å². The van der Waals surface area contributed by atoms with Crippen molar-refractivity contribution in [3.63, 3.8) is 0 Å². The summed E-state index contributed by atoms with van der Waals surface area (Å²) < 4.78 is 14.4. The van der Waals surface area contributed by atoms with E-state index in [1.807, 2.05) is 36.1 Å². The number of carbonyl (C=O) groups excluding carboxylic acids is 1. The molecule has 0 radical (unpaired) electrons. The molecule has 3 rings (SSSR count). The fourth-order valence-electron chi connectivity index (χ4n) is 3.09. The summed E-state index contributed by atoms with van der Waals surface area (Å²) in [5, 5.41) is 12.4. The van der Waals surface area contributed by atoms with Gasteiger partial charge in [-0.2, -0.15) is 0 Å². The number of nitrogens with one attached hydrogen (secondary N) is 1. The summed E-state index contributed by atoms with van der Waals surface area (Å²) in [5.74, 6) is -0.461. The lowest BCUT2D eigenvalue weighted by molar-refractivity contribution is 0.0950. The van der Waals surface area contributed by atoms with Gasteiger partial charge in [0.05, 0.1) is 11.8 Å². The molecule has 2 N–H and O–H groups in total. The van der Waals surface area contributed by atoms with Crippen molar-refractivity contribution in [1.82, 2.24) is 5.32 Å². The highest BCUT2D eigenvalue weighted by Crippen LogP contribution is 2.24. The number of hydrogen-bond donors (Lipinski definition) is 2. The summed E-state index contributed by atoms with van der Waals surface area (Å²) >= 11 is 0. The van der Waals surface area contributed by atoms with Crippen LogP contribution in [0.4, 0.5) is 10.1 Å². The molecule has 0 bridgehead atoms. The highest BCUT2D eigenvalue weighted by Gasteiger charge is 2.19. The van der Waals surface area contributed by atoms with Gasteiger partial charge < -0.3 is 15.3 Å². The average molecular weight is 342 g/mol. The van der Waals surface area contributed by atoms with Crippen LogP contribution in [0.2, 0.25) is 0 Å². The number of amides is 1. The number of rotatable bonds is 4. The number of piperidine rings is 1. The van der Waals surface area contributed by atoms with Crippen LogP contribution in [-0.4, -0.2) is 30.2 Å². The molecule has 5 heteroatoms. The molecular weight excluding hydrogens is 319 g/mol. The summed E-state index contributed by atoms with van der Waals surface area (Å²) in [7, 11) is 0. The maximum atomic E-state index is 14.4. The van der Waals surface area contributed by atoms with E-state index in [1.165, 1.54) is 6.07 Å². The fourth-order valence-corrected chi connectivity index (χ4v) is 3.09. The largest absolute Gasteiger partial charge is 0.393 e. The van der Waals surface area contributed by atoms with Gasteiger partial charge in [0.15, 0.2) is 0 Å². The third-order valence-electron chi connectivity index (χ3n) is 4.55. The van der Waals surface area contributed by atoms with Crippen molar-refractivity contribution >= 4 is 11.6 Å². The molecule has 1 heterocycles. The third-order valence-corrected chi connectivity index (χ3v) is 4.55. The zero-order valence-corrected chi connectivity index (χ0v) is 14.3. The molecule has 0 aliphatic carbocycles. The Bertz CT molecular complexity index is 755. The fraction of sp³-hybridized carbons (Fsp3) is 0.350. The summed E-state index contributed by atoms with van der Waals surface area (Å²) in [4.78, 5) is 14.1. The Morgan fingerprint density at radius 3 is 2.68 bits per heavy atom. The van der Waals surface area contributed by atoms with E-state index in [0.29, 0.717) is 37.2 Å². The first-order chi connectivity index (χ1) is 12.0. The maximum absolute atomic E-state index is 14.4. The normalized spacial score (nSPS) is 15.2. The molecule has 0 aromatic heterocycles. The monoisotopic (exact) mass is 342 g/mol. The standard InChI is InChI=1S/C20H23FN2O2/c1-14-3-2-4-16(11-14)20(25)22-13-15-5-6-19(18(21)12-15)23-9-7-17(24)8-10-23/h2-6,11-12,17,24H,7-10,13H2,1H3,(H,22,25). The summed E-state index contributed by atoms with van der Waals surface area (Å²) in [5.41, 5.74) is 2.90. The number of hydrogen-bond acceptors (Lipinski definition) is 3. The number of nitrogens with zero attached hydrogens (tertiary/aromatic N) is 1. The Hall–Kier alpha value is -2.40. The molecule has 0 saturated carbocycles. The number of aliphatic hydroxyl groups excluding tert-OH is 1. The average Bonchev–Trinajstić information content (AvgIpc) is 2.61. The lowest BCUT2D eigenvalue weighted by atomic mass is 10.1. The van der Waals surface area contributed by atoms with Gasteiger partial charge in [0.1, 0.15) is 5.82 Å². The molecule has 1 fully saturated rings. The number of aryl methyl sites for hydroxylation is 1. The number of anilines is 1. The van der Waals surface area contributed by atoms with Crippen molar-refractivity contribution in [1.29, 1.82) is 0 Å². The minimum Gasteiger partial charge on any atom is -0.393 e. The Morgan fingerprint density at radius 2 is 2.00 bits per heavy atom. The SMILES string of the molecule is Cc1cccc(C(=O)NCc2ccc(N3CCC(O)CC3)c(F)c2)c1. The van der Waals surface area contributed by atoms with Crippen LogP contribution in [0.15, 0.2) is 42.5 Å². The second-order valence-corrected chi connectivity index (χ2v) is 6.56. The van der Waals surface area contributed by atoms with Crippen LogP contribution >= 0.6 is 0 Å². The van der Waals surface area contributed by atoms with E-state index in [2.05, 4.69) is 5.32 Å². The Labute approximate surface area is 147 Å². The first kappa shape index (κ1) is 17.4. The lowest BCUT2D eigenvalue weighted by Gasteiger charge is -2.31. The molecule has 1 aliphatic heterocycles. The van der Waals surface area contributed by atoms with Crippen molar-refractivity contribution in [3.8, 4) is 0 Å². The zero-order valence-electron chi connectivity index (χ0n) is 14.3. The van der Waals surface area contributed by atoms with Gasteiger partial charge in [-0.25, -0.2) is 4.39 Å².